The van der Waals surface area contributed by atoms with Gasteiger partial charge in [0, 0.05) is 6.54 Å². The van der Waals surface area contributed by atoms with Gasteiger partial charge < -0.3 is 20.3 Å². The Hall–Kier alpha value is -1.88. The average molecular weight is 357 g/mol. The zero-order valence-electron chi connectivity index (χ0n) is 16.2. The van der Waals surface area contributed by atoms with E-state index in [0.29, 0.717) is 19.5 Å². The smallest absolute Gasteiger partial charge is 0.119 e. The van der Waals surface area contributed by atoms with Crippen molar-refractivity contribution in [2.24, 2.45) is 0 Å². The molecule has 4 heteroatoms. The van der Waals surface area contributed by atoms with Crippen LogP contribution in [0.1, 0.15) is 56.1 Å². The van der Waals surface area contributed by atoms with Gasteiger partial charge in [-0.1, -0.05) is 57.2 Å². The van der Waals surface area contributed by atoms with Gasteiger partial charge in [0.1, 0.15) is 5.75 Å². The van der Waals surface area contributed by atoms with Crippen molar-refractivity contribution in [1.82, 2.24) is 5.32 Å². The van der Waals surface area contributed by atoms with Gasteiger partial charge in [0.05, 0.1) is 19.3 Å². The highest BCUT2D eigenvalue weighted by atomic mass is 16.5. The van der Waals surface area contributed by atoms with Crippen molar-refractivity contribution in [3.05, 3.63) is 65.2 Å². The Morgan fingerprint density at radius 3 is 2.27 bits per heavy atom. The van der Waals surface area contributed by atoms with E-state index >= 15 is 0 Å². The molecule has 0 aliphatic rings. The molecule has 0 saturated carbocycles. The summed E-state index contributed by atoms with van der Waals surface area (Å²) in [5.74, 6) is 0.739. The van der Waals surface area contributed by atoms with Crippen LogP contribution in [0.15, 0.2) is 48.5 Å². The Morgan fingerprint density at radius 1 is 0.962 bits per heavy atom. The van der Waals surface area contributed by atoms with Gasteiger partial charge in [0.25, 0.3) is 0 Å². The fourth-order valence-corrected chi connectivity index (χ4v) is 2.82. The van der Waals surface area contributed by atoms with Crippen LogP contribution in [-0.2, 0) is 5.41 Å². The van der Waals surface area contributed by atoms with Crippen LogP contribution in [-0.4, -0.2) is 30.4 Å². The van der Waals surface area contributed by atoms with E-state index in [0.717, 1.165) is 16.9 Å². The molecule has 0 aliphatic carbocycles. The summed E-state index contributed by atoms with van der Waals surface area (Å²) in [6.07, 6.45) is -0.540. The molecule has 0 spiro atoms. The number of aliphatic hydroxyl groups is 2. The van der Waals surface area contributed by atoms with E-state index in [1.165, 1.54) is 5.56 Å². The molecule has 0 bridgehead atoms. The Labute approximate surface area is 156 Å². The fraction of sp³-hybridized carbons (Fsp3) is 0.455. The second-order valence-electron chi connectivity index (χ2n) is 7.67. The SMILES string of the molecule is COc1cccc(C(O)CCNCC(O)c2ccc(C(C)(C)C)cc2)c1. The fourth-order valence-electron chi connectivity index (χ4n) is 2.82. The molecule has 2 unspecified atom stereocenters. The molecule has 0 amide bonds. The largest absolute Gasteiger partial charge is 0.497 e. The van der Waals surface area contributed by atoms with E-state index in [1.54, 1.807) is 7.11 Å². The molecule has 2 atom stereocenters. The van der Waals surface area contributed by atoms with E-state index < -0.39 is 12.2 Å². The van der Waals surface area contributed by atoms with Gasteiger partial charge in [-0.25, -0.2) is 0 Å². The number of hydrogen-bond acceptors (Lipinski definition) is 4. The van der Waals surface area contributed by atoms with E-state index in [-0.39, 0.29) is 5.41 Å². The van der Waals surface area contributed by atoms with Crippen LogP contribution in [0, 0.1) is 0 Å². The second kappa shape index (κ2) is 9.17. The molecule has 0 saturated heterocycles. The summed E-state index contributed by atoms with van der Waals surface area (Å²) >= 11 is 0. The molecule has 4 nitrogen and oxygen atoms in total. The number of methoxy groups -OCH3 is 1. The maximum absolute atomic E-state index is 10.3. The average Bonchev–Trinajstić information content (AvgIpc) is 2.64. The van der Waals surface area contributed by atoms with Crippen LogP contribution < -0.4 is 10.1 Å². The molecule has 2 rings (SSSR count). The molecule has 2 aromatic carbocycles. The number of benzene rings is 2. The number of nitrogens with one attached hydrogen (secondary N) is 1. The summed E-state index contributed by atoms with van der Waals surface area (Å²) in [6.45, 7) is 7.60. The lowest BCUT2D eigenvalue weighted by Gasteiger charge is -2.20. The van der Waals surface area contributed by atoms with Crippen molar-refractivity contribution >= 4 is 0 Å². The quantitative estimate of drug-likeness (QED) is 0.630. The number of ether oxygens (including phenoxy) is 1. The van der Waals surface area contributed by atoms with Crippen LogP contribution in [0.4, 0.5) is 0 Å². The van der Waals surface area contributed by atoms with Crippen molar-refractivity contribution < 1.29 is 14.9 Å². The van der Waals surface area contributed by atoms with Crippen molar-refractivity contribution in [3.63, 3.8) is 0 Å². The highest BCUT2D eigenvalue weighted by Gasteiger charge is 2.15. The predicted molar refractivity (Wildman–Crippen MR) is 106 cm³/mol. The third-order valence-electron chi connectivity index (χ3n) is 4.57. The Bertz CT molecular complexity index is 677. The minimum atomic E-state index is -0.557. The normalized spacial score (nSPS) is 14.1. The summed E-state index contributed by atoms with van der Waals surface area (Å²) in [5, 5.41) is 23.8. The van der Waals surface area contributed by atoms with Crippen LogP contribution in [0.5, 0.6) is 5.75 Å². The van der Waals surface area contributed by atoms with E-state index in [4.69, 9.17) is 4.74 Å². The standard InChI is InChI=1S/C22H31NO3/c1-22(2,3)18-10-8-16(9-11-18)21(25)15-23-13-12-20(24)17-6-5-7-19(14-17)26-4/h5-11,14,20-21,23-25H,12-13,15H2,1-4H3. The third-order valence-corrected chi connectivity index (χ3v) is 4.57. The van der Waals surface area contributed by atoms with E-state index in [1.807, 2.05) is 36.4 Å². The van der Waals surface area contributed by atoms with Crippen LogP contribution >= 0.6 is 0 Å². The van der Waals surface area contributed by atoms with Gasteiger partial charge >= 0.3 is 0 Å². The lowest BCUT2D eigenvalue weighted by molar-refractivity contribution is 0.154. The van der Waals surface area contributed by atoms with Crippen LogP contribution in [0.2, 0.25) is 0 Å². The topological polar surface area (TPSA) is 61.7 Å². The molecule has 0 aromatic heterocycles. The molecule has 0 radical (unpaired) electrons. The lowest BCUT2D eigenvalue weighted by Crippen LogP contribution is -2.24. The zero-order chi connectivity index (χ0) is 19.2. The van der Waals surface area contributed by atoms with E-state index in [2.05, 4.69) is 38.2 Å². The molecule has 2 aromatic rings. The summed E-state index contributed by atoms with van der Waals surface area (Å²) in [4.78, 5) is 0. The Kier molecular flexibility index (Phi) is 7.21. The summed E-state index contributed by atoms with van der Waals surface area (Å²) < 4.78 is 5.18. The van der Waals surface area contributed by atoms with Gasteiger partial charge in [0.15, 0.2) is 0 Å². The minimum Gasteiger partial charge on any atom is -0.497 e. The Morgan fingerprint density at radius 2 is 1.65 bits per heavy atom. The van der Waals surface area contributed by atoms with Gasteiger partial charge in [-0.15, -0.1) is 0 Å². The maximum atomic E-state index is 10.3. The van der Waals surface area contributed by atoms with Gasteiger partial charge in [-0.05, 0) is 47.2 Å². The molecule has 0 fully saturated rings. The number of aliphatic hydroxyl groups excluding tert-OH is 2. The van der Waals surface area contributed by atoms with Crippen molar-refractivity contribution in [2.75, 3.05) is 20.2 Å². The lowest BCUT2D eigenvalue weighted by atomic mass is 9.86. The number of rotatable bonds is 8. The molecule has 3 N–H and O–H groups in total. The van der Waals surface area contributed by atoms with Crippen LogP contribution in [0.3, 0.4) is 0 Å². The monoisotopic (exact) mass is 357 g/mol. The minimum absolute atomic E-state index is 0.109. The molecule has 26 heavy (non-hydrogen) atoms. The first kappa shape index (κ1) is 20.4. The maximum Gasteiger partial charge on any atom is 0.119 e. The second-order valence-corrected chi connectivity index (χ2v) is 7.67. The molecular formula is C22H31NO3. The zero-order valence-corrected chi connectivity index (χ0v) is 16.2. The first-order valence-electron chi connectivity index (χ1n) is 9.12. The van der Waals surface area contributed by atoms with Gasteiger partial charge in [-0.2, -0.15) is 0 Å². The van der Waals surface area contributed by atoms with Crippen molar-refractivity contribution in [2.45, 2.75) is 44.8 Å². The van der Waals surface area contributed by atoms with Crippen LogP contribution in [0.25, 0.3) is 0 Å². The summed E-state index contributed by atoms with van der Waals surface area (Å²) in [5.41, 5.74) is 3.10. The van der Waals surface area contributed by atoms with Gasteiger partial charge in [-0.3, -0.25) is 0 Å². The first-order chi connectivity index (χ1) is 12.3. The highest BCUT2D eigenvalue weighted by Crippen LogP contribution is 2.24. The van der Waals surface area contributed by atoms with Gasteiger partial charge in [0.2, 0.25) is 0 Å². The third kappa shape index (κ3) is 5.84. The molecule has 142 valence electrons. The molecule has 0 heterocycles. The van der Waals surface area contributed by atoms with Crippen molar-refractivity contribution in [3.8, 4) is 5.75 Å². The molecule has 0 aliphatic heterocycles. The Balaban J connectivity index is 1.78. The van der Waals surface area contributed by atoms with E-state index in [9.17, 15) is 10.2 Å². The predicted octanol–water partition coefficient (Wildman–Crippen LogP) is 3.74. The number of hydrogen-bond donors (Lipinski definition) is 3. The highest BCUT2D eigenvalue weighted by molar-refractivity contribution is 5.30. The first-order valence-corrected chi connectivity index (χ1v) is 9.12. The van der Waals surface area contributed by atoms with Crippen molar-refractivity contribution in [1.29, 1.82) is 0 Å². The summed E-state index contributed by atoms with van der Waals surface area (Å²) in [6, 6.07) is 15.6. The summed E-state index contributed by atoms with van der Waals surface area (Å²) in [7, 11) is 1.61. The molecular weight excluding hydrogens is 326 g/mol.